The minimum atomic E-state index is -1.58. The van der Waals surface area contributed by atoms with Crippen molar-refractivity contribution < 1.29 is 36.6 Å². The molecule has 0 aliphatic carbocycles. The number of unbranched alkanes of at least 4 members (excludes halogenated alkanes) is 2. The maximum Gasteiger partial charge on any atom is 0.407 e. The van der Waals surface area contributed by atoms with Gasteiger partial charge in [-0.1, -0.05) is 6.42 Å². The predicted molar refractivity (Wildman–Crippen MR) is 86.8 cm³/mol. The van der Waals surface area contributed by atoms with E-state index < -0.39 is 39.4 Å². The highest BCUT2D eigenvalue weighted by molar-refractivity contribution is 8.13. The molecule has 0 bridgehead atoms. The van der Waals surface area contributed by atoms with Gasteiger partial charge in [-0.15, -0.1) is 0 Å². The van der Waals surface area contributed by atoms with Crippen molar-refractivity contribution in [2.45, 2.75) is 30.6 Å². The fourth-order valence-electron chi connectivity index (χ4n) is 1.84. The van der Waals surface area contributed by atoms with E-state index in [2.05, 4.69) is 5.32 Å². The third kappa shape index (κ3) is 7.61. The molecule has 0 heterocycles. The molecule has 0 saturated carbocycles. The second kappa shape index (κ2) is 11.7. The van der Waals surface area contributed by atoms with Crippen molar-refractivity contribution in [3.63, 3.8) is 0 Å². The Morgan fingerprint density at radius 2 is 1.69 bits per heavy atom. The van der Waals surface area contributed by atoms with Crippen LogP contribution in [0.3, 0.4) is 0 Å². The normalized spacial score (nSPS) is 10.7. The molecule has 0 saturated heterocycles. The second-order valence-corrected chi connectivity index (χ2v) is 6.21. The Balaban J connectivity index is 2.25. The number of halogens is 4. The monoisotopic (exact) mass is 397 g/mol. The molecule has 1 aromatic rings. The number of benzene rings is 1. The standard InChI is InChI=1S/C16H19F4NO4S/c1-24-7-8-25-16(23)21-6-4-2-3-5-12(22)26-15-13(19)10(17)9-11(18)14(15)20/h9H,2-8H2,1H3,(H,21,23). The summed E-state index contributed by atoms with van der Waals surface area (Å²) in [5, 5.41) is 1.90. The Morgan fingerprint density at radius 1 is 1.04 bits per heavy atom. The molecule has 10 heteroatoms. The Bertz CT molecular complexity index is 605. The summed E-state index contributed by atoms with van der Waals surface area (Å²) in [7, 11) is 1.48. The van der Waals surface area contributed by atoms with E-state index in [1.54, 1.807) is 0 Å². The Hall–Kier alpha value is -1.81. The van der Waals surface area contributed by atoms with Gasteiger partial charge in [0.2, 0.25) is 0 Å². The molecule has 0 aliphatic rings. The van der Waals surface area contributed by atoms with E-state index >= 15 is 0 Å². The molecule has 0 unspecified atom stereocenters. The number of amides is 1. The lowest BCUT2D eigenvalue weighted by atomic mass is 10.2. The van der Waals surface area contributed by atoms with Crippen molar-refractivity contribution in [2.75, 3.05) is 26.9 Å². The molecular weight excluding hydrogens is 378 g/mol. The van der Waals surface area contributed by atoms with E-state index in [0.29, 0.717) is 32.4 Å². The number of rotatable bonds is 10. The highest BCUT2D eigenvalue weighted by Crippen LogP contribution is 2.30. The van der Waals surface area contributed by atoms with Gasteiger partial charge in [0.15, 0.2) is 28.4 Å². The summed E-state index contributed by atoms with van der Waals surface area (Å²) in [5.74, 6) is -6.28. The Kier molecular flexibility index (Phi) is 10.0. The number of ether oxygens (including phenoxy) is 2. The van der Waals surface area contributed by atoms with Gasteiger partial charge in [0.1, 0.15) is 6.61 Å². The molecule has 0 spiro atoms. The zero-order valence-corrected chi connectivity index (χ0v) is 14.9. The number of carbonyl (C=O) groups excluding carboxylic acids is 2. The van der Waals surface area contributed by atoms with Gasteiger partial charge in [0, 0.05) is 26.1 Å². The number of methoxy groups -OCH3 is 1. The van der Waals surface area contributed by atoms with Crippen molar-refractivity contribution in [3.8, 4) is 0 Å². The molecule has 0 aliphatic heterocycles. The lowest BCUT2D eigenvalue weighted by Gasteiger charge is -2.07. The summed E-state index contributed by atoms with van der Waals surface area (Å²) in [5.41, 5.74) is 0. The van der Waals surface area contributed by atoms with Crippen LogP contribution in [0.25, 0.3) is 0 Å². The van der Waals surface area contributed by atoms with Crippen LogP contribution in [-0.2, 0) is 14.3 Å². The number of alkyl carbamates (subject to hydrolysis) is 1. The summed E-state index contributed by atoms with van der Waals surface area (Å²) >= 11 is 0.135. The van der Waals surface area contributed by atoms with Gasteiger partial charge in [-0.05, 0) is 24.6 Å². The Labute approximate surface area is 152 Å². The molecule has 1 aromatic carbocycles. The van der Waals surface area contributed by atoms with Crippen molar-refractivity contribution in [2.24, 2.45) is 0 Å². The lowest BCUT2D eigenvalue weighted by Crippen LogP contribution is -2.26. The fraction of sp³-hybridized carbons (Fsp3) is 0.500. The van der Waals surface area contributed by atoms with E-state index in [4.69, 9.17) is 9.47 Å². The van der Waals surface area contributed by atoms with Crippen molar-refractivity contribution in [1.82, 2.24) is 5.32 Å². The topological polar surface area (TPSA) is 64.6 Å². The largest absolute Gasteiger partial charge is 0.447 e. The highest BCUT2D eigenvalue weighted by Gasteiger charge is 2.21. The molecule has 1 rings (SSSR count). The smallest absolute Gasteiger partial charge is 0.407 e. The van der Waals surface area contributed by atoms with E-state index in [9.17, 15) is 27.2 Å². The zero-order valence-electron chi connectivity index (χ0n) is 14.1. The molecule has 26 heavy (non-hydrogen) atoms. The molecular formula is C16H19F4NO4S. The van der Waals surface area contributed by atoms with Crippen molar-refractivity contribution in [3.05, 3.63) is 29.3 Å². The van der Waals surface area contributed by atoms with Crippen LogP contribution in [0.15, 0.2) is 11.0 Å². The fourth-order valence-corrected chi connectivity index (χ4v) is 2.68. The first-order chi connectivity index (χ1) is 12.4. The maximum atomic E-state index is 13.5. The zero-order chi connectivity index (χ0) is 19.5. The van der Waals surface area contributed by atoms with Crippen LogP contribution in [0.4, 0.5) is 22.4 Å². The summed E-state index contributed by atoms with van der Waals surface area (Å²) in [4.78, 5) is 21.9. The molecule has 146 valence electrons. The molecule has 1 N–H and O–H groups in total. The van der Waals surface area contributed by atoms with Crippen LogP contribution >= 0.6 is 11.8 Å². The van der Waals surface area contributed by atoms with Gasteiger partial charge in [-0.25, -0.2) is 22.4 Å². The van der Waals surface area contributed by atoms with Gasteiger partial charge in [-0.3, -0.25) is 4.79 Å². The van der Waals surface area contributed by atoms with Crippen LogP contribution in [0.5, 0.6) is 0 Å². The molecule has 0 atom stereocenters. The maximum absolute atomic E-state index is 13.5. The number of hydrogen-bond donors (Lipinski definition) is 1. The predicted octanol–water partition coefficient (Wildman–Crippen LogP) is 3.79. The summed E-state index contributed by atoms with van der Waals surface area (Å²) in [6, 6.07) is 0.0898. The van der Waals surface area contributed by atoms with E-state index in [0.717, 1.165) is 0 Å². The first-order valence-corrected chi connectivity index (χ1v) is 8.61. The van der Waals surface area contributed by atoms with Gasteiger partial charge >= 0.3 is 6.09 Å². The lowest BCUT2D eigenvalue weighted by molar-refractivity contribution is -0.111. The third-order valence-corrected chi connectivity index (χ3v) is 4.13. The molecule has 0 radical (unpaired) electrons. The second-order valence-electron chi connectivity index (χ2n) is 5.14. The van der Waals surface area contributed by atoms with E-state index in [-0.39, 0.29) is 30.9 Å². The number of thioether (sulfide) groups is 1. The van der Waals surface area contributed by atoms with Gasteiger partial charge in [-0.2, -0.15) is 0 Å². The van der Waals surface area contributed by atoms with Crippen LogP contribution in [-0.4, -0.2) is 38.1 Å². The summed E-state index contributed by atoms with van der Waals surface area (Å²) in [6.45, 7) is 0.775. The summed E-state index contributed by atoms with van der Waals surface area (Å²) < 4.78 is 62.5. The minimum Gasteiger partial charge on any atom is -0.447 e. The first-order valence-electron chi connectivity index (χ1n) is 7.80. The van der Waals surface area contributed by atoms with Crippen molar-refractivity contribution >= 4 is 23.0 Å². The van der Waals surface area contributed by atoms with Crippen molar-refractivity contribution in [1.29, 1.82) is 0 Å². The van der Waals surface area contributed by atoms with E-state index in [1.807, 2.05) is 0 Å². The SMILES string of the molecule is COCCOC(=O)NCCCCCC(=O)Sc1c(F)c(F)cc(F)c1F. The number of hydrogen-bond acceptors (Lipinski definition) is 5. The minimum absolute atomic E-state index is 0.0278. The van der Waals surface area contributed by atoms with Gasteiger partial charge < -0.3 is 14.8 Å². The van der Waals surface area contributed by atoms with Gasteiger partial charge in [0.05, 0.1) is 11.5 Å². The van der Waals surface area contributed by atoms with Crippen LogP contribution in [0.2, 0.25) is 0 Å². The molecule has 0 aromatic heterocycles. The Morgan fingerprint density at radius 3 is 2.31 bits per heavy atom. The first kappa shape index (κ1) is 22.2. The average molecular weight is 397 g/mol. The third-order valence-electron chi connectivity index (χ3n) is 3.14. The number of nitrogens with one attached hydrogen (secondary N) is 1. The quantitative estimate of drug-likeness (QED) is 0.282. The molecule has 1 amide bonds. The summed E-state index contributed by atoms with van der Waals surface area (Å²) in [6.07, 6.45) is 0.919. The van der Waals surface area contributed by atoms with Crippen LogP contribution < -0.4 is 5.32 Å². The highest BCUT2D eigenvalue weighted by atomic mass is 32.2. The van der Waals surface area contributed by atoms with Gasteiger partial charge in [0.25, 0.3) is 0 Å². The van der Waals surface area contributed by atoms with Crippen LogP contribution in [0.1, 0.15) is 25.7 Å². The average Bonchev–Trinajstić information content (AvgIpc) is 2.60. The molecule has 0 fully saturated rings. The number of carbonyl (C=O) groups is 2. The molecule has 5 nitrogen and oxygen atoms in total. The van der Waals surface area contributed by atoms with E-state index in [1.165, 1.54) is 7.11 Å². The van der Waals surface area contributed by atoms with Crippen LogP contribution in [0, 0.1) is 23.3 Å².